The first kappa shape index (κ1) is 15.6. The summed E-state index contributed by atoms with van der Waals surface area (Å²) in [7, 11) is 2.03. The van der Waals surface area contributed by atoms with Crippen LogP contribution in [0.2, 0.25) is 0 Å². The lowest BCUT2D eigenvalue weighted by Gasteiger charge is -2.34. The Hall–Kier alpha value is 0.200. The summed E-state index contributed by atoms with van der Waals surface area (Å²) in [5.41, 5.74) is -0.224. The fraction of sp³-hybridized carbons (Fsp3) is 1.00. The van der Waals surface area contributed by atoms with Gasteiger partial charge in [-0.2, -0.15) is 0 Å². The van der Waals surface area contributed by atoms with Crippen molar-refractivity contribution in [2.24, 2.45) is 11.3 Å². The van der Waals surface area contributed by atoms with Crippen LogP contribution in [0.25, 0.3) is 0 Å². The van der Waals surface area contributed by atoms with Crippen LogP contribution in [0, 0.1) is 11.3 Å². The van der Waals surface area contributed by atoms with Crippen molar-refractivity contribution in [1.29, 1.82) is 0 Å². The predicted molar refractivity (Wildman–Crippen MR) is 77.9 cm³/mol. The van der Waals surface area contributed by atoms with Gasteiger partial charge in [-0.05, 0) is 31.6 Å². The van der Waals surface area contributed by atoms with Gasteiger partial charge in [-0.25, -0.2) is 8.42 Å². The summed E-state index contributed by atoms with van der Waals surface area (Å²) in [6.45, 7) is 2.80. The highest BCUT2D eigenvalue weighted by atomic mass is 35.7. The van der Waals surface area contributed by atoms with Crippen molar-refractivity contribution >= 4 is 19.7 Å². The SMILES string of the molecule is CC1CCCCC1OCC1(CS(=O)(=O)Cl)CCCC1. The number of halogens is 1. The zero-order valence-electron chi connectivity index (χ0n) is 11.7. The third-order valence-corrected chi connectivity index (χ3v) is 6.06. The van der Waals surface area contributed by atoms with Crippen LogP contribution >= 0.6 is 10.7 Å². The molecule has 2 unspecified atom stereocenters. The van der Waals surface area contributed by atoms with Crippen LogP contribution in [-0.2, 0) is 13.8 Å². The molecule has 0 radical (unpaired) electrons. The molecule has 0 amide bonds. The van der Waals surface area contributed by atoms with Gasteiger partial charge in [0.2, 0.25) is 9.05 Å². The maximum Gasteiger partial charge on any atom is 0.233 e. The summed E-state index contributed by atoms with van der Waals surface area (Å²) < 4.78 is 28.9. The Morgan fingerprint density at radius 1 is 1.16 bits per heavy atom. The lowest BCUT2D eigenvalue weighted by Crippen LogP contribution is -2.35. The van der Waals surface area contributed by atoms with Crippen LogP contribution in [0.5, 0.6) is 0 Å². The van der Waals surface area contributed by atoms with Crippen LogP contribution in [0.3, 0.4) is 0 Å². The molecule has 2 aliphatic carbocycles. The number of ether oxygens (including phenoxy) is 1. The smallest absolute Gasteiger partial charge is 0.233 e. The zero-order chi connectivity index (χ0) is 13.9. The molecule has 19 heavy (non-hydrogen) atoms. The van der Waals surface area contributed by atoms with E-state index >= 15 is 0 Å². The van der Waals surface area contributed by atoms with Gasteiger partial charge in [0.1, 0.15) is 0 Å². The molecule has 112 valence electrons. The summed E-state index contributed by atoms with van der Waals surface area (Å²) in [6.07, 6.45) is 9.23. The fourth-order valence-corrected chi connectivity index (χ4v) is 5.43. The Morgan fingerprint density at radius 3 is 2.37 bits per heavy atom. The van der Waals surface area contributed by atoms with Crippen molar-refractivity contribution in [1.82, 2.24) is 0 Å². The predicted octanol–water partition coefficient (Wildman–Crippen LogP) is 3.71. The lowest BCUT2D eigenvalue weighted by atomic mass is 9.86. The first-order valence-corrected chi connectivity index (χ1v) is 9.92. The minimum atomic E-state index is -3.44. The van der Waals surface area contributed by atoms with E-state index in [0.717, 1.165) is 32.1 Å². The van der Waals surface area contributed by atoms with E-state index in [4.69, 9.17) is 15.4 Å². The molecule has 2 rings (SSSR count). The highest BCUT2D eigenvalue weighted by Crippen LogP contribution is 2.41. The minimum Gasteiger partial charge on any atom is -0.377 e. The maximum absolute atomic E-state index is 11.4. The van der Waals surface area contributed by atoms with Crippen molar-refractivity contribution in [3.05, 3.63) is 0 Å². The second kappa shape index (κ2) is 6.31. The van der Waals surface area contributed by atoms with Gasteiger partial charge in [0.25, 0.3) is 0 Å². The number of rotatable bonds is 5. The normalized spacial score (nSPS) is 31.5. The minimum absolute atomic E-state index is 0.0721. The molecule has 0 saturated heterocycles. The Labute approximate surface area is 121 Å². The Balaban J connectivity index is 1.93. The standard InChI is InChI=1S/C14H25ClO3S/c1-12-6-2-3-7-13(12)18-10-14(8-4-5-9-14)11-19(15,16)17/h12-13H,2-11H2,1H3. The number of hydrogen-bond donors (Lipinski definition) is 0. The molecule has 3 nitrogen and oxygen atoms in total. The number of hydrogen-bond acceptors (Lipinski definition) is 3. The van der Waals surface area contributed by atoms with Gasteiger partial charge in [0.15, 0.2) is 0 Å². The van der Waals surface area contributed by atoms with E-state index in [9.17, 15) is 8.42 Å². The Kier molecular flexibility index (Phi) is 5.18. The molecule has 5 heteroatoms. The van der Waals surface area contributed by atoms with E-state index in [1.165, 1.54) is 19.3 Å². The van der Waals surface area contributed by atoms with E-state index in [0.29, 0.717) is 18.6 Å². The van der Waals surface area contributed by atoms with Crippen molar-refractivity contribution in [3.8, 4) is 0 Å². The largest absolute Gasteiger partial charge is 0.377 e. The quantitative estimate of drug-likeness (QED) is 0.727. The first-order valence-electron chi connectivity index (χ1n) is 7.44. The van der Waals surface area contributed by atoms with Crippen molar-refractivity contribution < 1.29 is 13.2 Å². The fourth-order valence-electron chi connectivity index (χ4n) is 3.63. The highest BCUT2D eigenvalue weighted by Gasteiger charge is 2.39. The van der Waals surface area contributed by atoms with Gasteiger partial charge in [-0.3, -0.25) is 0 Å². The van der Waals surface area contributed by atoms with E-state index in [-0.39, 0.29) is 11.2 Å². The Morgan fingerprint density at radius 2 is 1.79 bits per heavy atom. The average molecular weight is 309 g/mol. The molecular formula is C14H25ClO3S. The van der Waals surface area contributed by atoms with Gasteiger partial charge >= 0.3 is 0 Å². The maximum atomic E-state index is 11.4. The van der Waals surface area contributed by atoms with Crippen LogP contribution < -0.4 is 0 Å². The van der Waals surface area contributed by atoms with Crippen molar-refractivity contribution in [2.75, 3.05) is 12.4 Å². The van der Waals surface area contributed by atoms with Crippen molar-refractivity contribution in [2.45, 2.75) is 64.4 Å². The van der Waals surface area contributed by atoms with Gasteiger partial charge in [-0.15, -0.1) is 0 Å². The lowest BCUT2D eigenvalue weighted by molar-refractivity contribution is -0.0421. The molecule has 2 atom stereocenters. The molecule has 0 bridgehead atoms. The van der Waals surface area contributed by atoms with E-state index in [1.807, 2.05) is 0 Å². The summed E-state index contributed by atoms with van der Waals surface area (Å²) in [6, 6.07) is 0. The molecule has 2 fully saturated rings. The van der Waals surface area contributed by atoms with Crippen molar-refractivity contribution in [3.63, 3.8) is 0 Å². The van der Waals surface area contributed by atoms with Crippen LogP contribution in [0.15, 0.2) is 0 Å². The molecule has 2 aliphatic rings. The average Bonchev–Trinajstić information content (AvgIpc) is 2.74. The molecule has 0 heterocycles. The zero-order valence-corrected chi connectivity index (χ0v) is 13.3. The van der Waals surface area contributed by atoms with E-state index in [2.05, 4.69) is 6.92 Å². The second-order valence-electron chi connectivity index (χ2n) is 6.50. The van der Waals surface area contributed by atoms with Crippen LogP contribution in [0.1, 0.15) is 58.3 Å². The summed E-state index contributed by atoms with van der Waals surface area (Å²) in [5, 5.41) is 0. The molecule has 0 N–H and O–H groups in total. The molecule has 0 aliphatic heterocycles. The topological polar surface area (TPSA) is 43.4 Å². The summed E-state index contributed by atoms with van der Waals surface area (Å²) in [4.78, 5) is 0. The van der Waals surface area contributed by atoms with Crippen LogP contribution in [-0.4, -0.2) is 26.9 Å². The third-order valence-electron chi connectivity index (χ3n) is 4.78. The van der Waals surface area contributed by atoms with Gasteiger partial charge < -0.3 is 4.74 Å². The molecule has 2 saturated carbocycles. The first-order chi connectivity index (χ1) is 8.90. The Bertz CT molecular complexity index is 387. The molecule has 0 aromatic rings. The monoisotopic (exact) mass is 308 g/mol. The summed E-state index contributed by atoms with van der Waals surface area (Å²) in [5.74, 6) is 0.669. The highest BCUT2D eigenvalue weighted by molar-refractivity contribution is 8.13. The summed E-state index contributed by atoms with van der Waals surface area (Å²) >= 11 is 0. The van der Waals surface area contributed by atoms with Gasteiger partial charge in [-0.1, -0.05) is 32.6 Å². The third kappa shape index (κ3) is 4.61. The molecule has 0 aromatic heterocycles. The van der Waals surface area contributed by atoms with E-state index < -0.39 is 9.05 Å². The van der Waals surface area contributed by atoms with Crippen LogP contribution in [0.4, 0.5) is 0 Å². The molecular weight excluding hydrogens is 284 g/mol. The van der Waals surface area contributed by atoms with Gasteiger partial charge in [0, 0.05) is 16.1 Å². The van der Waals surface area contributed by atoms with Gasteiger partial charge in [0.05, 0.1) is 18.5 Å². The second-order valence-corrected chi connectivity index (χ2v) is 9.28. The molecule has 0 aromatic carbocycles. The molecule has 0 spiro atoms. The van der Waals surface area contributed by atoms with E-state index in [1.54, 1.807) is 0 Å².